The molecule has 0 saturated heterocycles. The largest absolute Gasteiger partial charge is 0.496 e. The Hall–Kier alpha value is -3.34. The predicted molar refractivity (Wildman–Crippen MR) is 109 cm³/mol. The summed E-state index contributed by atoms with van der Waals surface area (Å²) < 4.78 is 5.48. The van der Waals surface area contributed by atoms with Crippen molar-refractivity contribution in [1.29, 1.82) is 0 Å². The number of amides is 1. The SMILES string of the molecule is COc1ccc(NC(=O)c2cccnc2N(C)C)cc1Cc1ccccc1. The van der Waals surface area contributed by atoms with Crippen molar-refractivity contribution in [1.82, 2.24) is 4.98 Å². The van der Waals surface area contributed by atoms with Crippen LogP contribution in [0.15, 0.2) is 66.9 Å². The maximum Gasteiger partial charge on any atom is 0.259 e. The minimum absolute atomic E-state index is 0.192. The second kappa shape index (κ2) is 8.36. The quantitative estimate of drug-likeness (QED) is 0.721. The average molecular weight is 361 g/mol. The van der Waals surface area contributed by atoms with Crippen LogP contribution in [0.1, 0.15) is 21.5 Å². The highest BCUT2D eigenvalue weighted by Gasteiger charge is 2.15. The first kappa shape index (κ1) is 18.5. The van der Waals surface area contributed by atoms with Gasteiger partial charge in [0, 0.05) is 38.0 Å². The molecule has 138 valence electrons. The number of carbonyl (C=O) groups is 1. The number of nitrogens with zero attached hydrogens (tertiary/aromatic N) is 2. The van der Waals surface area contributed by atoms with Crippen LogP contribution in [-0.4, -0.2) is 32.1 Å². The number of pyridine rings is 1. The van der Waals surface area contributed by atoms with Gasteiger partial charge in [-0.25, -0.2) is 4.98 Å². The van der Waals surface area contributed by atoms with Crippen LogP contribution < -0.4 is 15.0 Å². The second-order valence-electron chi connectivity index (χ2n) is 6.41. The van der Waals surface area contributed by atoms with Crippen LogP contribution in [0.3, 0.4) is 0 Å². The molecule has 1 aromatic heterocycles. The van der Waals surface area contributed by atoms with Gasteiger partial charge in [-0.05, 0) is 35.9 Å². The summed E-state index contributed by atoms with van der Waals surface area (Å²) in [5.74, 6) is 1.24. The van der Waals surface area contributed by atoms with Crippen LogP contribution in [0.25, 0.3) is 0 Å². The molecule has 1 heterocycles. The molecule has 0 spiro atoms. The molecule has 3 rings (SSSR count). The fourth-order valence-corrected chi connectivity index (χ4v) is 2.94. The van der Waals surface area contributed by atoms with E-state index in [4.69, 9.17) is 4.74 Å². The molecule has 0 aliphatic rings. The van der Waals surface area contributed by atoms with Crippen molar-refractivity contribution >= 4 is 17.4 Å². The molecule has 1 N–H and O–H groups in total. The predicted octanol–water partition coefficient (Wildman–Crippen LogP) is 4.00. The van der Waals surface area contributed by atoms with E-state index in [0.717, 1.165) is 23.4 Å². The molecule has 0 saturated carbocycles. The Labute approximate surface area is 159 Å². The Balaban J connectivity index is 1.85. The monoisotopic (exact) mass is 361 g/mol. The zero-order valence-electron chi connectivity index (χ0n) is 15.8. The van der Waals surface area contributed by atoms with Gasteiger partial charge in [-0.2, -0.15) is 0 Å². The zero-order chi connectivity index (χ0) is 19.2. The van der Waals surface area contributed by atoms with Crippen molar-refractivity contribution < 1.29 is 9.53 Å². The fourth-order valence-electron chi connectivity index (χ4n) is 2.94. The van der Waals surface area contributed by atoms with E-state index >= 15 is 0 Å². The normalized spacial score (nSPS) is 10.3. The van der Waals surface area contributed by atoms with E-state index in [1.165, 1.54) is 5.56 Å². The lowest BCUT2D eigenvalue weighted by molar-refractivity contribution is 0.102. The highest BCUT2D eigenvalue weighted by Crippen LogP contribution is 2.26. The van der Waals surface area contributed by atoms with Crippen molar-refractivity contribution in [2.24, 2.45) is 0 Å². The minimum atomic E-state index is -0.192. The molecule has 0 atom stereocenters. The number of hydrogen-bond acceptors (Lipinski definition) is 4. The topological polar surface area (TPSA) is 54.5 Å². The van der Waals surface area contributed by atoms with Crippen LogP contribution in [0, 0.1) is 0 Å². The fraction of sp³-hybridized carbons (Fsp3) is 0.182. The third-order valence-corrected chi connectivity index (χ3v) is 4.23. The van der Waals surface area contributed by atoms with Crippen molar-refractivity contribution in [2.75, 3.05) is 31.4 Å². The molecule has 0 aliphatic heterocycles. The van der Waals surface area contributed by atoms with Crippen LogP contribution in [0.4, 0.5) is 11.5 Å². The lowest BCUT2D eigenvalue weighted by Crippen LogP contribution is -2.19. The molecule has 0 bridgehead atoms. The number of anilines is 2. The van der Waals surface area contributed by atoms with Gasteiger partial charge in [-0.3, -0.25) is 4.79 Å². The molecular formula is C22H23N3O2. The summed E-state index contributed by atoms with van der Waals surface area (Å²) in [6, 6.07) is 19.4. The second-order valence-corrected chi connectivity index (χ2v) is 6.41. The first-order valence-electron chi connectivity index (χ1n) is 8.73. The minimum Gasteiger partial charge on any atom is -0.496 e. The van der Waals surface area contributed by atoms with Gasteiger partial charge in [-0.15, -0.1) is 0 Å². The highest BCUT2D eigenvalue weighted by molar-refractivity contribution is 6.07. The average Bonchev–Trinajstić information content (AvgIpc) is 2.69. The first-order valence-corrected chi connectivity index (χ1v) is 8.73. The number of nitrogens with one attached hydrogen (secondary N) is 1. The maximum atomic E-state index is 12.8. The van der Waals surface area contributed by atoms with E-state index in [2.05, 4.69) is 22.4 Å². The lowest BCUT2D eigenvalue weighted by atomic mass is 10.0. The van der Waals surface area contributed by atoms with Gasteiger partial charge in [0.2, 0.25) is 0 Å². The molecule has 27 heavy (non-hydrogen) atoms. The maximum absolute atomic E-state index is 12.8. The summed E-state index contributed by atoms with van der Waals surface area (Å²) in [7, 11) is 5.38. The summed E-state index contributed by atoms with van der Waals surface area (Å²) in [6.45, 7) is 0. The standard InChI is InChI=1S/C22H23N3O2/c1-25(2)21-19(10-7-13-23-21)22(26)24-18-11-12-20(27-3)17(15-18)14-16-8-5-4-6-9-16/h4-13,15H,14H2,1-3H3,(H,24,26). The van der Waals surface area contributed by atoms with E-state index < -0.39 is 0 Å². The van der Waals surface area contributed by atoms with E-state index in [9.17, 15) is 4.79 Å². The first-order chi connectivity index (χ1) is 13.1. The van der Waals surface area contributed by atoms with Crippen LogP contribution in [0.2, 0.25) is 0 Å². The Morgan fingerprint density at radius 3 is 2.56 bits per heavy atom. The van der Waals surface area contributed by atoms with Crippen LogP contribution >= 0.6 is 0 Å². The highest BCUT2D eigenvalue weighted by atomic mass is 16.5. The number of methoxy groups -OCH3 is 1. The third kappa shape index (κ3) is 4.44. The van der Waals surface area contributed by atoms with Gasteiger partial charge in [0.05, 0.1) is 12.7 Å². The summed E-state index contributed by atoms with van der Waals surface area (Å²) in [4.78, 5) is 18.9. The van der Waals surface area contributed by atoms with Gasteiger partial charge >= 0.3 is 0 Å². The van der Waals surface area contributed by atoms with Crippen molar-refractivity contribution in [2.45, 2.75) is 6.42 Å². The molecule has 3 aromatic rings. The molecule has 0 radical (unpaired) electrons. The Bertz CT molecular complexity index is 924. The zero-order valence-corrected chi connectivity index (χ0v) is 15.8. The Morgan fingerprint density at radius 2 is 1.85 bits per heavy atom. The van der Waals surface area contributed by atoms with Gasteiger partial charge in [0.1, 0.15) is 11.6 Å². The smallest absolute Gasteiger partial charge is 0.259 e. The summed E-state index contributed by atoms with van der Waals surface area (Å²) in [5, 5.41) is 2.97. The number of ether oxygens (including phenoxy) is 1. The van der Waals surface area contributed by atoms with Crippen LogP contribution in [-0.2, 0) is 6.42 Å². The summed E-state index contributed by atoms with van der Waals surface area (Å²) in [5.41, 5.74) is 3.45. The molecule has 5 heteroatoms. The van der Waals surface area contributed by atoms with E-state index in [1.54, 1.807) is 25.4 Å². The van der Waals surface area contributed by atoms with Gasteiger partial charge in [-0.1, -0.05) is 30.3 Å². The van der Waals surface area contributed by atoms with Crippen LogP contribution in [0.5, 0.6) is 5.75 Å². The van der Waals surface area contributed by atoms with Gasteiger partial charge in [0.25, 0.3) is 5.91 Å². The molecule has 0 unspecified atom stereocenters. The van der Waals surface area contributed by atoms with Crippen molar-refractivity contribution in [3.05, 3.63) is 83.6 Å². The molecular weight excluding hydrogens is 338 g/mol. The molecule has 0 fully saturated rings. The number of carbonyl (C=O) groups excluding carboxylic acids is 1. The summed E-state index contributed by atoms with van der Waals surface area (Å²) >= 11 is 0. The molecule has 5 nitrogen and oxygen atoms in total. The number of rotatable bonds is 6. The molecule has 1 amide bonds. The third-order valence-electron chi connectivity index (χ3n) is 4.23. The molecule has 0 aliphatic carbocycles. The van der Waals surface area contributed by atoms with E-state index in [-0.39, 0.29) is 5.91 Å². The number of aromatic nitrogens is 1. The van der Waals surface area contributed by atoms with Crippen molar-refractivity contribution in [3.8, 4) is 5.75 Å². The lowest BCUT2D eigenvalue weighted by Gasteiger charge is -2.16. The van der Waals surface area contributed by atoms with E-state index in [1.807, 2.05) is 55.4 Å². The van der Waals surface area contributed by atoms with Gasteiger partial charge in [0.15, 0.2) is 0 Å². The van der Waals surface area contributed by atoms with E-state index in [0.29, 0.717) is 11.4 Å². The number of benzene rings is 2. The Morgan fingerprint density at radius 1 is 1.07 bits per heavy atom. The number of hydrogen-bond donors (Lipinski definition) is 1. The summed E-state index contributed by atoms with van der Waals surface area (Å²) in [6.07, 6.45) is 2.40. The molecule has 2 aromatic carbocycles. The Kier molecular flexibility index (Phi) is 5.71. The van der Waals surface area contributed by atoms with Gasteiger partial charge < -0.3 is 15.0 Å². The van der Waals surface area contributed by atoms with Crippen molar-refractivity contribution in [3.63, 3.8) is 0 Å².